The Hall–Kier alpha value is -3.74. The molecule has 1 aromatic heterocycles. The Morgan fingerprint density at radius 2 is 1.50 bits per heavy atom. The van der Waals surface area contributed by atoms with Gasteiger partial charge in [0.15, 0.2) is 5.69 Å². The first kappa shape index (κ1) is 19.6. The highest BCUT2D eigenvalue weighted by Crippen LogP contribution is 2.45. The van der Waals surface area contributed by atoms with E-state index in [4.69, 9.17) is 0 Å². The second-order valence-corrected chi connectivity index (χ2v) is 6.67. The summed E-state index contributed by atoms with van der Waals surface area (Å²) < 4.78 is 47.0. The first-order valence-corrected chi connectivity index (χ1v) is 9.01. The normalized spacial score (nSPS) is 11.6. The number of aromatic nitrogens is 1. The fraction of sp³-hybridized carbons (Fsp3) is 0.0870. The number of benzene rings is 3. The summed E-state index contributed by atoms with van der Waals surface area (Å²) in [4.78, 5) is 12.1. The van der Waals surface area contributed by atoms with Crippen molar-refractivity contribution in [2.24, 2.45) is 0 Å². The van der Waals surface area contributed by atoms with E-state index in [1.165, 1.54) is 0 Å². The summed E-state index contributed by atoms with van der Waals surface area (Å²) in [7, 11) is 1.10. The summed E-state index contributed by atoms with van der Waals surface area (Å²) in [6, 6.07) is 19.4. The van der Waals surface area contributed by atoms with Crippen LogP contribution in [0, 0.1) is 0 Å². The van der Waals surface area contributed by atoms with Crippen LogP contribution in [0.4, 0.5) is 13.2 Å². The second kappa shape index (κ2) is 7.26. The van der Waals surface area contributed by atoms with E-state index in [0.717, 1.165) is 19.2 Å². The second-order valence-electron chi connectivity index (χ2n) is 6.67. The number of rotatable bonds is 3. The Bertz CT molecular complexity index is 1230. The number of hydrogen-bond acceptors (Lipinski definition) is 3. The number of methoxy groups -OCH3 is 1. The molecule has 0 atom stereocenters. The number of hydrogen-bond donors (Lipinski definition) is 1. The number of carbonyl (C=O) groups excluding carboxylic acids is 1. The molecule has 0 saturated carbocycles. The summed E-state index contributed by atoms with van der Waals surface area (Å²) in [5, 5.41) is 10.5. The van der Waals surface area contributed by atoms with Crippen LogP contribution in [0.5, 0.6) is 0 Å². The average molecular weight is 411 g/mol. The number of fused-ring (bicyclic) bond motifs is 1. The van der Waals surface area contributed by atoms with Gasteiger partial charge in [0.25, 0.3) is 0 Å². The van der Waals surface area contributed by atoms with Gasteiger partial charge in [-0.2, -0.15) is 17.9 Å². The van der Waals surface area contributed by atoms with Gasteiger partial charge in [-0.05, 0) is 28.8 Å². The Morgan fingerprint density at radius 1 is 0.933 bits per heavy atom. The van der Waals surface area contributed by atoms with Crippen LogP contribution >= 0.6 is 0 Å². The van der Waals surface area contributed by atoms with Crippen LogP contribution < -0.4 is 0 Å². The zero-order chi connectivity index (χ0) is 21.5. The molecule has 1 heterocycles. The van der Waals surface area contributed by atoms with Crippen molar-refractivity contribution >= 4 is 16.9 Å². The van der Waals surface area contributed by atoms with Crippen LogP contribution in [-0.4, -0.2) is 23.0 Å². The molecule has 0 fully saturated rings. The van der Waals surface area contributed by atoms with E-state index in [0.29, 0.717) is 21.4 Å². The molecule has 4 rings (SSSR count). The van der Waals surface area contributed by atoms with Gasteiger partial charge in [0.05, 0.1) is 18.2 Å². The third-order valence-corrected chi connectivity index (χ3v) is 4.91. The number of halogens is 3. The summed E-state index contributed by atoms with van der Waals surface area (Å²) >= 11 is 0. The fourth-order valence-electron chi connectivity index (χ4n) is 3.60. The molecule has 0 aliphatic rings. The topological polar surface area (TPSA) is 51.5 Å². The molecule has 30 heavy (non-hydrogen) atoms. The Balaban J connectivity index is 2.22. The summed E-state index contributed by atoms with van der Waals surface area (Å²) in [6.07, 6.45) is -4.70. The Kier molecular flexibility index (Phi) is 4.73. The van der Waals surface area contributed by atoms with Gasteiger partial charge in [0, 0.05) is 10.9 Å². The molecule has 0 saturated heterocycles. The van der Waals surface area contributed by atoms with E-state index in [1.54, 1.807) is 60.7 Å². The lowest BCUT2D eigenvalue weighted by Crippen LogP contribution is -2.09. The molecule has 0 aliphatic heterocycles. The van der Waals surface area contributed by atoms with Crippen LogP contribution in [0.1, 0.15) is 16.1 Å². The van der Waals surface area contributed by atoms with Gasteiger partial charge in [-0.1, -0.05) is 60.7 Å². The third kappa shape index (κ3) is 3.18. The number of carbonyl (C=O) groups is 1. The lowest BCUT2D eigenvalue weighted by Gasteiger charge is -2.17. The minimum atomic E-state index is -4.70. The maximum atomic E-state index is 14.0. The molecule has 152 valence electrons. The van der Waals surface area contributed by atoms with Crippen molar-refractivity contribution in [1.82, 2.24) is 4.73 Å². The quantitative estimate of drug-likeness (QED) is 0.331. The lowest BCUT2D eigenvalue weighted by molar-refractivity contribution is -0.136. The molecule has 0 spiro atoms. The van der Waals surface area contributed by atoms with Crippen molar-refractivity contribution in [2.45, 2.75) is 6.18 Å². The first-order valence-electron chi connectivity index (χ1n) is 9.01. The third-order valence-electron chi connectivity index (χ3n) is 4.91. The van der Waals surface area contributed by atoms with Crippen molar-refractivity contribution in [2.75, 3.05) is 7.11 Å². The highest BCUT2D eigenvalue weighted by molar-refractivity contribution is 6.07. The number of esters is 1. The van der Waals surface area contributed by atoms with Crippen molar-refractivity contribution in [3.63, 3.8) is 0 Å². The largest absolute Gasteiger partial charge is 0.464 e. The molecule has 0 radical (unpaired) electrons. The highest BCUT2D eigenvalue weighted by atomic mass is 19.4. The van der Waals surface area contributed by atoms with E-state index >= 15 is 0 Å². The number of nitrogens with zero attached hydrogens (tertiary/aromatic N) is 1. The molecule has 0 bridgehead atoms. The van der Waals surface area contributed by atoms with Gasteiger partial charge < -0.3 is 9.94 Å². The van der Waals surface area contributed by atoms with E-state index in [9.17, 15) is 23.2 Å². The van der Waals surface area contributed by atoms with Gasteiger partial charge in [0.2, 0.25) is 0 Å². The lowest BCUT2D eigenvalue weighted by atomic mass is 9.90. The predicted octanol–water partition coefficient (Wildman–Crippen LogP) is 6.02. The van der Waals surface area contributed by atoms with Crippen LogP contribution in [0.3, 0.4) is 0 Å². The zero-order valence-corrected chi connectivity index (χ0v) is 15.8. The molecule has 0 unspecified atom stereocenters. The monoisotopic (exact) mass is 411 g/mol. The minimum absolute atomic E-state index is 0.115. The Labute approximate surface area is 169 Å². The number of ether oxygens (including phenoxy) is 1. The molecule has 0 amide bonds. The molecular weight excluding hydrogens is 395 g/mol. The molecule has 1 N–H and O–H groups in total. The van der Waals surface area contributed by atoms with Crippen LogP contribution in [-0.2, 0) is 10.9 Å². The molecule has 4 aromatic rings. The van der Waals surface area contributed by atoms with Gasteiger partial charge in [-0.15, -0.1) is 0 Å². The van der Waals surface area contributed by atoms with Gasteiger partial charge in [-0.25, -0.2) is 4.79 Å². The highest BCUT2D eigenvalue weighted by Gasteiger charge is 2.36. The molecule has 4 nitrogen and oxygen atoms in total. The molecule has 3 aromatic carbocycles. The first-order chi connectivity index (χ1) is 14.3. The maximum absolute atomic E-state index is 14.0. The van der Waals surface area contributed by atoms with Crippen molar-refractivity contribution in [1.29, 1.82) is 0 Å². The summed E-state index contributed by atoms with van der Waals surface area (Å²) in [5.41, 5.74) is 0.350. The van der Waals surface area contributed by atoms with Gasteiger partial charge in [-0.3, -0.25) is 0 Å². The standard InChI is InChI=1S/C23H16F3NO3/c1-30-22(28)19-13-17-18(23(24,25)26)12-16(14-8-4-2-5-9-14)20(21(17)27(19)29)15-10-6-3-7-11-15/h2-13,29H,1H3. The molecule has 7 heteroatoms. The van der Waals surface area contributed by atoms with Gasteiger partial charge >= 0.3 is 12.1 Å². The van der Waals surface area contributed by atoms with Gasteiger partial charge in [0.1, 0.15) is 0 Å². The SMILES string of the molecule is COC(=O)c1cc2c(C(F)(F)F)cc(-c3ccccc3)c(-c3ccccc3)c2n1O. The van der Waals surface area contributed by atoms with Crippen LogP contribution in [0.15, 0.2) is 72.8 Å². The van der Waals surface area contributed by atoms with E-state index in [1.807, 2.05) is 0 Å². The van der Waals surface area contributed by atoms with Crippen molar-refractivity contribution in [3.05, 3.63) is 84.1 Å². The molecular formula is C23H16F3NO3. The van der Waals surface area contributed by atoms with Crippen LogP contribution in [0.25, 0.3) is 33.2 Å². The maximum Gasteiger partial charge on any atom is 0.417 e. The predicted molar refractivity (Wildman–Crippen MR) is 106 cm³/mol. The van der Waals surface area contributed by atoms with Crippen molar-refractivity contribution < 1.29 is 27.9 Å². The smallest absolute Gasteiger partial charge is 0.417 e. The number of alkyl halides is 3. The van der Waals surface area contributed by atoms with E-state index in [2.05, 4.69) is 4.74 Å². The van der Waals surface area contributed by atoms with Crippen molar-refractivity contribution in [3.8, 4) is 22.3 Å². The van der Waals surface area contributed by atoms with E-state index < -0.39 is 17.7 Å². The van der Waals surface area contributed by atoms with E-state index in [-0.39, 0.29) is 22.2 Å². The summed E-state index contributed by atoms with van der Waals surface area (Å²) in [6.45, 7) is 0. The summed E-state index contributed by atoms with van der Waals surface area (Å²) in [5.74, 6) is -0.943. The zero-order valence-electron chi connectivity index (χ0n) is 15.8. The fourth-order valence-corrected chi connectivity index (χ4v) is 3.60. The Morgan fingerprint density at radius 3 is 2.03 bits per heavy atom. The van der Waals surface area contributed by atoms with Crippen LogP contribution in [0.2, 0.25) is 0 Å². The average Bonchev–Trinajstić information content (AvgIpc) is 3.09. The molecule has 0 aliphatic carbocycles. The minimum Gasteiger partial charge on any atom is -0.464 e.